The van der Waals surface area contributed by atoms with E-state index in [9.17, 15) is 8.42 Å². The van der Waals surface area contributed by atoms with Crippen molar-refractivity contribution in [2.45, 2.75) is 25.3 Å². The van der Waals surface area contributed by atoms with E-state index in [0.717, 1.165) is 5.56 Å². The molecule has 0 fully saturated rings. The van der Waals surface area contributed by atoms with Gasteiger partial charge in [-0.3, -0.25) is 4.72 Å². The van der Waals surface area contributed by atoms with Gasteiger partial charge in [-0.05, 0) is 43.7 Å². The van der Waals surface area contributed by atoms with E-state index in [1.165, 1.54) is 0 Å². The topological polar surface area (TPSA) is 81.4 Å². The van der Waals surface area contributed by atoms with E-state index in [2.05, 4.69) is 9.88 Å². The van der Waals surface area contributed by atoms with E-state index < -0.39 is 10.0 Å². The first kappa shape index (κ1) is 17.0. The molecule has 25 heavy (non-hydrogen) atoms. The Morgan fingerprint density at radius 1 is 1.04 bits per heavy atom. The van der Waals surface area contributed by atoms with Crippen molar-refractivity contribution in [2.75, 3.05) is 4.72 Å². The molecule has 0 radical (unpaired) electrons. The molecule has 0 aliphatic heterocycles. The number of aromatic nitrogens is 1. The van der Waals surface area contributed by atoms with Gasteiger partial charge in [0, 0.05) is 5.69 Å². The second kappa shape index (κ2) is 6.98. The van der Waals surface area contributed by atoms with Gasteiger partial charge in [0.25, 0.3) is 10.0 Å². The van der Waals surface area contributed by atoms with Gasteiger partial charge in [-0.2, -0.15) is 0 Å². The lowest BCUT2D eigenvalue weighted by molar-refractivity contribution is 0.306. The molecule has 130 valence electrons. The summed E-state index contributed by atoms with van der Waals surface area (Å²) in [6.45, 7) is 3.60. The van der Waals surface area contributed by atoms with Crippen molar-refractivity contribution in [3.05, 3.63) is 71.6 Å². The molecule has 7 heteroatoms. The van der Waals surface area contributed by atoms with Crippen LogP contribution in [0.4, 0.5) is 5.69 Å². The first-order valence-electron chi connectivity index (χ1n) is 7.68. The fourth-order valence-corrected chi connectivity index (χ4v) is 3.81. The van der Waals surface area contributed by atoms with Crippen LogP contribution in [0.15, 0.2) is 64.0 Å². The quantitative estimate of drug-likeness (QED) is 0.727. The summed E-state index contributed by atoms with van der Waals surface area (Å²) in [5, 5.41) is 3.68. The number of anilines is 1. The number of aryl methyl sites for hydroxylation is 2. The fourth-order valence-electron chi connectivity index (χ4n) is 2.42. The Hall–Kier alpha value is -2.80. The first-order valence-corrected chi connectivity index (χ1v) is 9.16. The highest BCUT2D eigenvalue weighted by atomic mass is 32.2. The van der Waals surface area contributed by atoms with Crippen molar-refractivity contribution in [2.24, 2.45) is 0 Å². The monoisotopic (exact) mass is 358 g/mol. The van der Waals surface area contributed by atoms with Crippen LogP contribution in [0.1, 0.15) is 17.0 Å². The minimum atomic E-state index is -3.75. The van der Waals surface area contributed by atoms with Crippen molar-refractivity contribution in [1.29, 1.82) is 0 Å². The number of ether oxygens (including phenoxy) is 1. The van der Waals surface area contributed by atoms with E-state index >= 15 is 0 Å². The smallest absolute Gasteiger partial charge is 0.267 e. The summed E-state index contributed by atoms with van der Waals surface area (Å²) in [4.78, 5) is 0.0666. The van der Waals surface area contributed by atoms with Gasteiger partial charge in [0.05, 0.1) is 0 Å². The summed E-state index contributed by atoms with van der Waals surface area (Å²) >= 11 is 0. The molecular weight excluding hydrogens is 340 g/mol. The highest BCUT2D eigenvalue weighted by Gasteiger charge is 2.24. The van der Waals surface area contributed by atoms with E-state index in [0.29, 0.717) is 23.7 Å². The van der Waals surface area contributed by atoms with Crippen LogP contribution in [0.25, 0.3) is 0 Å². The lowest BCUT2D eigenvalue weighted by atomic mass is 10.2. The zero-order chi connectivity index (χ0) is 17.9. The van der Waals surface area contributed by atoms with Crippen molar-refractivity contribution >= 4 is 15.7 Å². The third kappa shape index (κ3) is 4.00. The number of hydrogen-bond donors (Lipinski definition) is 1. The molecule has 0 aliphatic rings. The third-order valence-electron chi connectivity index (χ3n) is 3.59. The Bertz CT molecular complexity index is 929. The molecule has 0 saturated heterocycles. The minimum absolute atomic E-state index is 0.0666. The molecule has 0 aliphatic carbocycles. The molecule has 0 bridgehead atoms. The van der Waals surface area contributed by atoms with E-state index in [-0.39, 0.29) is 10.7 Å². The van der Waals surface area contributed by atoms with E-state index in [1.807, 2.05) is 30.3 Å². The number of rotatable bonds is 6. The Balaban J connectivity index is 1.68. The van der Waals surface area contributed by atoms with Crippen molar-refractivity contribution < 1.29 is 17.7 Å². The molecule has 2 aromatic carbocycles. The number of nitrogens with one attached hydrogen (secondary N) is 1. The Morgan fingerprint density at radius 3 is 2.32 bits per heavy atom. The van der Waals surface area contributed by atoms with Crippen molar-refractivity contribution in [3.8, 4) is 5.75 Å². The minimum Gasteiger partial charge on any atom is -0.489 e. The van der Waals surface area contributed by atoms with Gasteiger partial charge in [-0.1, -0.05) is 35.5 Å². The molecule has 0 spiro atoms. The fraction of sp³-hybridized carbons (Fsp3) is 0.167. The molecule has 0 unspecified atom stereocenters. The second-order valence-corrected chi connectivity index (χ2v) is 7.18. The van der Waals surface area contributed by atoms with Crippen LogP contribution >= 0.6 is 0 Å². The van der Waals surface area contributed by atoms with Crippen LogP contribution in [-0.2, 0) is 16.6 Å². The van der Waals surface area contributed by atoms with E-state index in [1.54, 1.807) is 38.1 Å². The van der Waals surface area contributed by atoms with Gasteiger partial charge in [-0.25, -0.2) is 8.42 Å². The zero-order valence-corrected chi connectivity index (χ0v) is 14.7. The van der Waals surface area contributed by atoms with Gasteiger partial charge in [0.1, 0.15) is 18.1 Å². The average Bonchev–Trinajstić information content (AvgIpc) is 2.94. The van der Waals surface area contributed by atoms with Crippen LogP contribution in [0.5, 0.6) is 5.75 Å². The molecule has 6 nitrogen and oxygen atoms in total. The highest BCUT2D eigenvalue weighted by molar-refractivity contribution is 7.92. The SMILES string of the molecule is Cc1noc(C)c1S(=O)(=O)Nc1ccc(OCc2ccccc2)cc1. The lowest BCUT2D eigenvalue weighted by Gasteiger charge is -2.09. The first-order chi connectivity index (χ1) is 12.0. The highest BCUT2D eigenvalue weighted by Crippen LogP contribution is 2.24. The summed E-state index contributed by atoms with van der Waals surface area (Å²) in [6, 6.07) is 16.5. The summed E-state index contributed by atoms with van der Waals surface area (Å²) < 4.78 is 38.0. The van der Waals surface area contributed by atoms with Gasteiger partial charge < -0.3 is 9.26 Å². The zero-order valence-electron chi connectivity index (χ0n) is 13.9. The summed E-state index contributed by atoms with van der Waals surface area (Å²) in [6.07, 6.45) is 0. The number of sulfonamides is 1. The molecule has 3 aromatic rings. The van der Waals surface area contributed by atoms with Gasteiger partial charge in [0.2, 0.25) is 0 Å². The largest absolute Gasteiger partial charge is 0.489 e. The maximum atomic E-state index is 12.5. The van der Waals surface area contributed by atoms with Crippen molar-refractivity contribution in [1.82, 2.24) is 5.16 Å². The summed E-state index contributed by atoms with van der Waals surface area (Å²) in [5.41, 5.74) is 1.82. The molecule has 3 rings (SSSR count). The van der Waals surface area contributed by atoms with Crippen LogP contribution in [-0.4, -0.2) is 13.6 Å². The molecule has 1 N–H and O–H groups in total. The molecular formula is C18H18N2O4S. The predicted molar refractivity (Wildman–Crippen MR) is 94.0 cm³/mol. The average molecular weight is 358 g/mol. The Morgan fingerprint density at radius 2 is 1.72 bits per heavy atom. The van der Waals surface area contributed by atoms with Gasteiger partial charge in [0.15, 0.2) is 10.7 Å². The van der Waals surface area contributed by atoms with Crippen LogP contribution in [0, 0.1) is 13.8 Å². The molecule has 0 amide bonds. The van der Waals surface area contributed by atoms with Crippen LogP contribution in [0.2, 0.25) is 0 Å². The van der Waals surface area contributed by atoms with Crippen LogP contribution < -0.4 is 9.46 Å². The number of benzene rings is 2. The Labute approximate surface area is 146 Å². The maximum Gasteiger partial charge on any atom is 0.267 e. The molecule has 0 atom stereocenters. The summed E-state index contributed by atoms with van der Waals surface area (Å²) in [5.74, 6) is 0.914. The maximum absolute atomic E-state index is 12.5. The van der Waals surface area contributed by atoms with Gasteiger partial charge >= 0.3 is 0 Å². The van der Waals surface area contributed by atoms with Gasteiger partial charge in [-0.15, -0.1) is 0 Å². The van der Waals surface area contributed by atoms with Crippen LogP contribution in [0.3, 0.4) is 0 Å². The second-order valence-electron chi connectivity index (χ2n) is 5.56. The number of hydrogen-bond acceptors (Lipinski definition) is 5. The lowest BCUT2D eigenvalue weighted by Crippen LogP contribution is -2.14. The molecule has 1 heterocycles. The predicted octanol–water partition coefficient (Wildman–Crippen LogP) is 3.67. The third-order valence-corrected chi connectivity index (χ3v) is 5.22. The standard InChI is InChI=1S/C18H18N2O4S/c1-13-18(14(2)24-19-13)25(21,22)20-16-8-10-17(11-9-16)23-12-15-6-4-3-5-7-15/h3-11,20H,12H2,1-2H3. The van der Waals surface area contributed by atoms with Crippen molar-refractivity contribution in [3.63, 3.8) is 0 Å². The molecule has 1 aromatic heterocycles. The Kier molecular flexibility index (Phi) is 4.76. The number of nitrogens with zero attached hydrogens (tertiary/aromatic N) is 1. The summed E-state index contributed by atoms with van der Waals surface area (Å²) in [7, 11) is -3.75. The molecule has 0 saturated carbocycles. The normalized spacial score (nSPS) is 11.3. The van der Waals surface area contributed by atoms with E-state index in [4.69, 9.17) is 9.26 Å².